The van der Waals surface area contributed by atoms with E-state index < -0.39 is 6.10 Å². The molecule has 0 saturated carbocycles. The molecule has 1 unspecified atom stereocenters. The molecule has 0 aromatic heterocycles. The average molecular weight is 347 g/mol. The summed E-state index contributed by atoms with van der Waals surface area (Å²) in [5.41, 5.74) is 0.848. The van der Waals surface area contributed by atoms with E-state index in [0.717, 1.165) is 17.2 Å². The van der Waals surface area contributed by atoms with E-state index in [1.165, 1.54) is 5.56 Å². The Kier molecular flexibility index (Phi) is 5.27. The second kappa shape index (κ2) is 7.61. The van der Waals surface area contributed by atoms with E-state index in [1.54, 1.807) is 6.92 Å². The summed E-state index contributed by atoms with van der Waals surface area (Å²) in [5.74, 6) is 0.589. The largest absolute Gasteiger partial charge is 0.481 e. The van der Waals surface area contributed by atoms with Crippen LogP contribution in [0.3, 0.4) is 0 Å². The second-order valence-electron chi connectivity index (χ2n) is 7.30. The van der Waals surface area contributed by atoms with Gasteiger partial charge in [0, 0.05) is 5.54 Å². The first-order valence-electron chi connectivity index (χ1n) is 8.94. The topological polar surface area (TPSA) is 38.3 Å². The maximum atomic E-state index is 12.6. The van der Waals surface area contributed by atoms with Crippen LogP contribution in [0.15, 0.2) is 72.8 Å². The Bertz CT molecular complexity index is 887. The number of hydrogen-bond acceptors (Lipinski definition) is 2. The van der Waals surface area contributed by atoms with Crippen LogP contribution in [0.4, 0.5) is 0 Å². The molecule has 26 heavy (non-hydrogen) atoms. The van der Waals surface area contributed by atoms with Crippen molar-refractivity contribution < 1.29 is 9.53 Å². The third-order valence-electron chi connectivity index (χ3n) is 4.35. The fraction of sp³-hybridized carbons (Fsp3) is 0.261. The molecule has 0 radical (unpaired) electrons. The van der Waals surface area contributed by atoms with E-state index in [2.05, 4.69) is 23.5 Å². The summed E-state index contributed by atoms with van der Waals surface area (Å²) in [4.78, 5) is 12.6. The van der Waals surface area contributed by atoms with Crippen molar-refractivity contribution in [2.75, 3.05) is 0 Å². The van der Waals surface area contributed by atoms with Gasteiger partial charge in [-0.15, -0.1) is 0 Å². The lowest BCUT2D eigenvalue weighted by atomic mass is 9.94. The van der Waals surface area contributed by atoms with Crippen LogP contribution < -0.4 is 10.1 Å². The van der Waals surface area contributed by atoms with E-state index in [4.69, 9.17) is 4.74 Å². The number of nitrogens with one attached hydrogen (secondary N) is 1. The highest BCUT2D eigenvalue weighted by Gasteiger charge is 2.25. The van der Waals surface area contributed by atoms with Crippen molar-refractivity contribution in [2.45, 2.75) is 38.8 Å². The van der Waals surface area contributed by atoms with Crippen LogP contribution in [0.5, 0.6) is 5.75 Å². The van der Waals surface area contributed by atoms with Gasteiger partial charge in [0.05, 0.1) is 0 Å². The summed E-state index contributed by atoms with van der Waals surface area (Å²) < 4.78 is 5.87. The fourth-order valence-electron chi connectivity index (χ4n) is 3.08. The number of ether oxygens (including phenoxy) is 1. The zero-order valence-electron chi connectivity index (χ0n) is 15.5. The third-order valence-corrected chi connectivity index (χ3v) is 4.35. The van der Waals surface area contributed by atoms with Crippen LogP contribution in [0.2, 0.25) is 0 Å². The van der Waals surface area contributed by atoms with Crippen molar-refractivity contribution in [1.82, 2.24) is 5.32 Å². The van der Waals surface area contributed by atoms with Crippen molar-refractivity contribution >= 4 is 16.7 Å². The summed E-state index contributed by atoms with van der Waals surface area (Å²) in [6, 6.07) is 24.1. The highest BCUT2D eigenvalue weighted by Crippen LogP contribution is 2.21. The van der Waals surface area contributed by atoms with Gasteiger partial charge in [-0.25, -0.2) is 0 Å². The van der Waals surface area contributed by atoms with Crippen LogP contribution in [-0.2, 0) is 11.2 Å². The molecule has 1 N–H and O–H groups in total. The van der Waals surface area contributed by atoms with Gasteiger partial charge in [-0.2, -0.15) is 0 Å². The van der Waals surface area contributed by atoms with Gasteiger partial charge in [0.2, 0.25) is 0 Å². The molecule has 3 rings (SSSR count). The van der Waals surface area contributed by atoms with Crippen molar-refractivity contribution in [2.24, 2.45) is 0 Å². The molecular formula is C23H25NO2. The number of amides is 1. The molecule has 3 aromatic carbocycles. The molecule has 0 spiro atoms. The van der Waals surface area contributed by atoms with Gasteiger partial charge in [-0.3, -0.25) is 4.79 Å². The Morgan fingerprint density at radius 3 is 2.35 bits per heavy atom. The summed E-state index contributed by atoms with van der Waals surface area (Å²) >= 11 is 0. The van der Waals surface area contributed by atoms with Gasteiger partial charge < -0.3 is 10.1 Å². The highest BCUT2D eigenvalue weighted by molar-refractivity contribution is 5.84. The molecule has 0 aliphatic heterocycles. The number of hydrogen-bond donors (Lipinski definition) is 1. The average Bonchev–Trinajstić information content (AvgIpc) is 2.61. The molecule has 0 fully saturated rings. The monoisotopic (exact) mass is 347 g/mol. The molecule has 1 amide bonds. The first-order chi connectivity index (χ1) is 12.4. The Balaban J connectivity index is 1.63. The SMILES string of the molecule is CC(Oc1ccc2ccccc2c1)C(=O)NC(C)(C)Cc1ccccc1. The molecule has 3 aromatic rings. The number of benzene rings is 3. The zero-order chi connectivity index (χ0) is 18.6. The van der Waals surface area contributed by atoms with Crippen LogP contribution in [-0.4, -0.2) is 17.6 Å². The predicted molar refractivity (Wildman–Crippen MR) is 106 cm³/mol. The highest BCUT2D eigenvalue weighted by atomic mass is 16.5. The molecule has 0 heterocycles. The Morgan fingerprint density at radius 2 is 1.62 bits per heavy atom. The number of carbonyl (C=O) groups is 1. The van der Waals surface area contributed by atoms with Crippen molar-refractivity contribution in [3.8, 4) is 5.75 Å². The summed E-state index contributed by atoms with van der Waals surface area (Å²) in [5, 5.41) is 5.35. The van der Waals surface area contributed by atoms with Gasteiger partial charge in [0.15, 0.2) is 6.10 Å². The molecule has 3 heteroatoms. The molecule has 0 aliphatic carbocycles. The molecule has 0 saturated heterocycles. The minimum absolute atomic E-state index is 0.112. The molecule has 3 nitrogen and oxygen atoms in total. The van der Waals surface area contributed by atoms with Crippen molar-refractivity contribution in [1.29, 1.82) is 0 Å². The second-order valence-corrected chi connectivity index (χ2v) is 7.30. The Hall–Kier alpha value is -2.81. The van der Waals surface area contributed by atoms with Crippen LogP contribution in [0.25, 0.3) is 10.8 Å². The van der Waals surface area contributed by atoms with E-state index >= 15 is 0 Å². The lowest BCUT2D eigenvalue weighted by Gasteiger charge is -2.28. The lowest BCUT2D eigenvalue weighted by molar-refractivity contribution is -0.128. The number of rotatable bonds is 6. The zero-order valence-corrected chi connectivity index (χ0v) is 15.5. The van der Waals surface area contributed by atoms with Crippen molar-refractivity contribution in [3.05, 3.63) is 78.4 Å². The lowest BCUT2D eigenvalue weighted by Crippen LogP contribution is -2.49. The summed E-state index contributed by atoms with van der Waals surface area (Å²) in [7, 11) is 0. The quantitative estimate of drug-likeness (QED) is 0.699. The van der Waals surface area contributed by atoms with E-state index in [-0.39, 0.29) is 11.4 Å². The van der Waals surface area contributed by atoms with Gasteiger partial charge in [-0.05, 0) is 55.7 Å². The standard InChI is InChI=1S/C23H25NO2/c1-17(26-21-14-13-19-11-7-8-12-20(19)15-21)22(25)24-23(2,3)16-18-9-5-4-6-10-18/h4-15,17H,16H2,1-3H3,(H,24,25). The van der Waals surface area contributed by atoms with Gasteiger partial charge in [-0.1, -0.05) is 60.7 Å². The smallest absolute Gasteiger partial charge is 0.261 e. The first-order valence-corrected chi connectivity index (χ1v) is 8.94. The Morgan fingerprint density at radius 1 is 0.962 bits per heavy atom. The summed E-state index contributed by atoms with van der Waals surface area (Å²) in [6.45, 7) is 5.84. The number of fused-ring (bicyclic) bond motifs is 1. The maximum absolute atomic E-state index is 12.6. The fourth-order valence-corrected chi connectivity index (χ4v) is 3.08. The van der Waals surface area contributed by atoms with Gasteiger partial charge in [0.25, 0.3) is 5.91 Å². The molecule has 0 aliphatic rings. The Labute approximate surface area is 155 Å². The summed E-state index contributed by atoms with van der Waals surface area (Å²) in [6.07, 6.45) is 0.202. The maximum Gasteiger partial charge on any atom is 0.261 e. The van der Waals surface area contributed by atoms with E-state index in [9.17, 15) is 4.79 Å². The number of carbonyl (C=O) groups excluding carboxylic acids is 1. The minimum atomic E-state index is -0.564. The van der Waals surface area contributed by atoms with E-state index in [1.807, 2.05) is 68.4 Å². The predicted octanol–water partition coefficient (Wildman–Crippen LogP) is 4.74. The van der Waals surface area contributed by atoms with Crippen molar-refractivity contribution in [3.63, 3.8) is 0 Å². The molecule has 1 atom stereocenters. The normalized spacial score (nSPS) is 12.6. The van der Waals surface area contributed by atoms with Gasteiger partial charge >= 0.3 is 0 Å². The van der Waals surface area contributed by atoms with Gasteiger partial charge in [0.1, 0.15) is 5.75 Å². The molecular weight excluding hydrogens is 322 g/mol. The van der Waals surface area contributed by atoms with Crippen LogP contribution in [0.1, 0.15) is 26.3 Å². The van der Waals surface area contributed by atoms with E-state index in [0.29, 0.717) is 5.75 Å². The molecule has 134 valence electrons. The minimum Gasteiger partial charge on any atom is -0.481 e. The van der Waals surface area contributed by atoms with Crippen LogP contribution in [0, 0.1) is 0 Å². The van der Waals surface area contributed by atoms with Crippen LogP contribution >= 0.6 is 0 Å². The molecule has 0 bridgehead atoms. The third kappa shape index (κ3) is 4.63. The first kappa shape index (κ1) is 18.0.